The molecule has 0 aromatic rings. The minimum Gasteiger partial charge on any atom is -0.354 e. The van der Waals surface area contributed by atoms with Crippen LogP contribution in [0.3, 0.4) is 0 Å². The first-order valence-corrected chi connectivity index (χ1v) is 7.17. The largest absolute Gasteiger partial charge is 0.354 e. The highest BCUT2D eigenvalue weighted by atomic mass is 16.1. The molecule has 0 aromatic heterocycles. The Morgan fingerprint density at radius 1 is 1.11 bits per heavy atom. The van der Waals surface area contributed by atoms with Crippen molar-refractivity contribution in [3.63, 3.8) is 0 Å². The molecule has 1 saturated carbocycles. The normalized spacial score (nSPS) is 23.2. The van der Waals surface area contributed by atoms with E-state index in [4.69, 9.17) is 0 Å². The third-order valence-electron chi connectivity index (χ3n) is 4.18. The van der Waals surface area contributed by atoms with Crippen molar-refractivity contribution < 1.29 is 9.59 Å². The van der Waals surface area contributed by atoms with Crippen LogP contribution in [0.5, 0.6) is 0 Å². The maximum absolute atomic E-state index is 12.1. The predicted octanol–water partition coefficient (Wildman–Crippen LogP) is 1.35. The smallest absolute Gasteiger partial charge is 0.217 e. The number of ketones is 1. The first-order valence-electron chi connectivity index (χ1n) is 7.17. The van der Waals surface area contributed by atoms with E-state index in [-0.39, 0.29) is 5.91 Å². The van der Waals surface area contributed by atoms with Gasteiger partial charge in [0.05, 0.1) is 6.54 Å². The van der Waals surface area contributed by atoms with E-state index in [0.29, 0.717) is 24.3 Å². The van der Waals surface area contributed by atoms with Gasteiger partial charge in [0.25, 0.3) is 0 Å². The summed E-state index contributed by atoms with van der Waals surface area (Å²) in [4.78, 5) is 25.3. The van der Waals surface area contributed by atoms with Crippen molar-refractivity contribution in [1.29, 1.82) is 0 Å². The third kappa shape index (κ3) is 3.80. The van der Waals surface area contributed by atoms with E-state index >= 15 is 0 Å². The van der Waals surface area contributed by atoms with Crippen molar-refractivity contribution in [1.82, 2.24) is 10.2 Å². The maximum atomic E-state index is 12.1. The van der Waals surface area contributed by atoms with Gasteiger partial charge >= 0.3 is 0 Å². The summed E-state index contributed by atoms with van der Waals surface area (Å²) in [6, 6.07) is 0.306. The molecule has 4 nitrogen and oxygen atoms in total. The van der Waals surface area contributed by atoms with E-state index in [0.717, 1.165) is 38.8 Å². The summed E-state index contributed by atoms with van der Waals surface area (Å²) in [5, 5.41) is 2.96. The molecule has 102 valence electrons. The van der Waals surface area contributed by atoms with E-state index < -0.39 is 0 Å². The van der Waals surface area contributed by atoms with Crippen LogP contribution in [0.25, 0.3) is 0 Å². The Hall–Kier alpha value is -0.900. The van der Waals surface area contributed by atoms with Crippen LogP contribution in [-0.4, -0.2) is 42.3 Å². The van der Waals surface area contributed by atoms with Gasteiger partial charge in [0.1, 0.15) is 5.78 Å². The van der Waals surface area contributed by atoms with Crippen molar-refractivity contribution >= 4 is 11.7 Å². The molecule has 1 N–H and O–H groups in total. The summed E-state index contributed by atoms with van der Waals surface area (Å²) >= 11 is 0. The SMILES string of the molecule is CC(=O)NC1CCN(CC(=O)C2CCCC2)CC1. The van der Waals surface area contributed by atoms with Crippen molar-refractivity contribution in [3.8, 4) is 0 Å². The lowest BCUT2D eigenvalue weighted by Gasteiger charge is -2.32. The quantitative estimate of drug-likeness (QED) is 0.821. The molecular weight excluding hydrogens is 228 g/mol. The molecule has 4 heteroatoms. The number of piperidine rings is 1. The molecule has 0 unspecified atom stereocenters. The van der Waals surface area contributed by atoms with E-state index in [1.807, 2.05) is 0 Å². The molecule has 1 aliphatic heterocycles. The molecule has 0 radical (unpaired) electrons. The number of rotatable bonds is 4. The first kappa shape index (κ1) is 13.5. The molecule has 2 aliphatic rings. The van der Waals surface area contributed by atoms with Crippen LogP contribution < -0.4 is 5.32 Å². The number of likely N-dealkylation sites (tertiary alicyclic amines) is 1. The molecule has 2 fully saturated rings. The van der Waals surface area contributed by atoms with Gasteiger partial charge in [-0.2, -0.15) is 0 Å². The number of carbonyl (C=O) groups excluding carboxylic acids is 2. The van der Waals surface area contributed by atoms with E-state index in [9.17, 15) is 9.59 Å². The number of nitrogens with one attached hydrogen (secondary N) is 1. The molecule has 2 rings (SSSR count). The fraction of sp³-hybridized carbons (Fsp3) is 0.857. The Bertz CT molecular complexity index is 303. The Labute approximate surface area is 109 Å². The Morgan fingerprint density at radius 3 is 2.28 bits per heavy atom. The number of hydrogen-bond acceptors (Lipinski definition) is 3. The molecule has 1 amide bonds. The van der Waals surface area contributed by atoms with Gasteiger partial charge in [0.2, 0.25) is 5.91 Å². The highest BCUT2D eigenvalue weighted by Crippen LogP contribution is 2.26. The second-order valence-electron chi connectivity index (χ2n) is 5.70. The molecule has 1 heterocycles. The van der Waals surface area contributed by atoms with E-state index in [1.165, 1.54) is 12.8 Å². The summed E-state index contributed by atoms with van der Waals surface area (Å²) in [5.74, 6) is 0.819. The topological polar surface area (TPSA) is 49.4 Å². The Balaban J connectivity index is 1.69. The van der Waals surface area contributed by atoms with Crippen LogP contribution in [0.1, 0.15) is 45.4 Å². The zero-order chi connectivity index (χ0) is 13.0. The maximum Gasteiger partial charge on any atom is 0.217 e. The number of nitrogens with zero attached hydrogens (tertiary/aromatic N) is 1. The zero-order valence-electron chi connectivity index (χ0n) is 11.3. The number of Topliss-reactive ketones (excluding diaryl/α,β-unsaturated/α-hetero) is 1. The van der Waals surface area contributed by atoms with Gasteiger partial charge in [0.15, 0.2) is 0 Å². The van der Waals surface area contributed by atoms with Crippen molar-refractivity contribution in [2.24, 2.45) is 5.92 Å². The lowest BCUT2D eigenvalue weighted by molar-refractivity contribution is -0.124. The van der Waals surface area contributed by atoms with E-state index in [2.05, 4.69) is 10.2 Å². The molecule has 1 aliphatic carbocycles. The van der Waals surface area contributed by atoms with Crippen LogP contribution in [0.2, 0.25) is 0 Å². The van der Waals surface area contributed by atoms with Crippen LogP contribution >= 0.6 is 0 Å². The number of amides is 1. The predicted molar refractivity (Wildman–Crippen MR) is 70.2 cm³/mol. The van der Waals surface area contributed by atoms with Gasteiger partial charge in [-0.1, -0.05) is 12.8 Å². The molecule has 18 heavy (non-hydrogen) atoms. The standard InChI is InChI=1S/C14H24N2O2/c1-11(17)15-13-6-8-16(9-7-13)10-14(18)12-4-2-3-5-12/h12-13H,2-10H2,1H3,(H,15,17). The average Bonchev–Trinajstić information content (AvgIpc) is 2.84. The van der Waals surface area contributed by atoms with Gasteiger partial charge in [-0.25, -0.2) is 0 Å². The Morgan fingerprint density at radius 2 is 1.72 bits per heavy atom. The molecule has 0 atom stereocenters. The Kier molecular flexibility index (Phi) is 4.75. The van der Waals surface area contributed by atoms with Crippen LogP contribution in [0.15, 0.2) is 0 Å². The minimum absolute atomic E-state index is 0.0514. The molecule has 0 aromatic carbocycles. The number of hydrogen-bond donors (Lipinski definition) is 1. The fourth-order valence-electron chi connectivity index (χ4n) is 3.12. The molecule has 1 saturated heterocycles. The monoisotopic (exact) mass is 252 g/mol. The van der Waals surface area contributed by atoms with Gasteiger partial charge in [0, 0.05) is 32.0 Å². The van der Waals surface area contributed by atoms with Crippen LogP contribution in [0, 0.1) is 5.92 Å². The molecular formula is C14H24N2O2. The summed E-state index contributed by atoms with van der Waals surface area (Å²) in [5.41, 5.74) is 0. The van der Waals surface area contributed by atoms with Crippen molar-refractivity contribution in [2.45, 2.75) is 51.5 Å². The lowest BCUT2D eigenvalue weighted by atomic mass is 10.00. The highest BCUT2D eigenvalue weighted by molar-refractivity contribution is 5.83. The van der Waals surface area contributed by atoms with Gasteiger partial charge < -0.3 is 5.32 Å². The summed E-state index contributed by atoms with van der Waals surface area (Å²) < 4.78 is 0. The van der Waals surface area contributed by atoms with E-state index in [1.54, 1.807) is 6.92 Å². The number of carbonyl (C=O) groups is 2. The minimum atomic E-state index is 0.0514. The summed E-state index contributed by atoms with van der Waals surface area (Å²) in [6.07, 6.45) is 6.58. The highest BCUT2D eigenvalue weighted by Gasteiger charge is 2.26. The molecule has 0 bridgehead atoms. The second kappa shape index (κ2) is 6.32. The summed E-state index contributed by atoms with van der Waals surface area (Å²) in [6.45, 7) is 4.06. The van der Waals surface area contributed by atoms with Crippen LogP contribution in [-0.2, 0) is 9.59 Å². The van der Waals surface area contributed by atoms with Crippen LogP contribution in [0.4, 0.5) is 0 Å². The second-order valence-corrected chi connectivity index (χ2v) is 5.70. The van der Waals surface area contributed by atoms with Gasteiger partial charge in [-0.05, 0) is 25.7 Å². The van der Waals surface area contributed by atoms with Gasteiger partial charge in [-0.3, -0.25) is 14.5 Å². The van der Waals surface area contributed by atoms with Gasteiger partial charge in [-0.15, -0.1) is 0 Å². The fourth-order valence-corrected chi connectivity index (χ4v) is 3.12. The summed E-state index contributed by atoms with van der Waals surface area (Å²) in [7, 11) is 0. The lowest BCUT2D eigenvalue weighted by Crippen LogP contribution is -2.45. The van der Waals surface area contributed by atoms with Crippen molar-refractivity contribution in [3.05, 3.63) is 0 Å². The van der Waals surface area contributed by atoms with Crippen molar-refractivity contribution in [2.75, 3.05) is 19.6 Å². The first-order chi connectivity index (χ1) is 8.65. The average molecular weight is 252 g/mol. The zero-order valence-corrected chi connectivity index (χ0v) is 11.3. The molecule has 0 spiro atoms. The third-order valence-corrected chi connectivity index (χ3v) is 4.18.